The number of halogens is 1. The maximum atomic E-state index is 14.1. The van der Waals surface area contributed by atoms with Crippen LogP contribution in [0, 0.1) is 23.1 Å². The topological polar surface area (TPSA) is 98.2 Å². The van der Waals surface area contributed by atoms with E-state index < -0.39 is 5.82 Å². The molecule has 166 valence electrons. The van der Waals surface area contributed by atoms with Crippen LogP contribution >= 0.6 is 0 Å². The van der Waals surface area contributed by atoms with E-state index >= 15 is 0 Å². The highest BCUT2D eigenvalue weighted by Crippen LogP contribution is 2.43. The summed E-state index contributed by atoms with van der Waals surface area (Å²) in [5, 5.41) is 13.1. The lowest BCUT2D eigenvalue weighted by atomic mass is 10.0. The average molecular weight is 436 g/mol. The van der Waals surface area contributed by atoms with Gasteiger partial charge in [0.25, 0.3) is 0 Å². The normalized spacial score (nSPS) is 18.6. The molecule has 2 amide bonds. The van der Waals surface area contributed by atoms with Gasteiger partial charge in [-0.3, -0.25) is 9.59 Å². The number of carbonyl (C=O) groups excluding carboxylic acids is 2. The third kappa shape index (κ3) is 4.85. The first kappa shape index (κ1) is 21.7. The molecule has 2 heterocycles. The standard InChI is InChI=1S/C24H26FN5O2/c1-27-14-18(13-26)17-8-15(9-19(25)11-17)10-23(31)29-22-12-20(4-6-28-22)30-7-5-21(24(30)32)16-2-3-16/h4,6,8-9,11-14,16,21,26-27H,2-3,5,7,10H2,1H3,(H,28,29,31)/b18-14+,26-13?/t21-/m0/s1. The number of nitrogens with one attached hydrogen (secondary N) is 3. The number of rotatable bonds is 8. The minimum atomic E-state index is -0.480. The van der Waals surface area contributed by atoms with Crippen LogP contribution in [0.25, 0.3) is 5.57 Å². The fourth-order valence-electron chi connectivity index (χ4n) is 4.21. The van der Waals surface area contributed by atoms with E-state index in [-0.39, 0.29) is 24.2 Å². The number of carbonyl (C=O) groups is 2. The molecule has 1 saturated heterocycles. The fourth-order valence-corrected chi connectivity index (χ4v) is 4.21. The monoisotopic (exact) mass is 435 g/mol. The third-order valence-electron chi connectivity index (χ3n) is 5.87. The number of aromatic nitrogens is 1. The summed E-state index contributed by atoms with van der Waals surface area (Å²) in [5.74, 6) is 0.324. The number of hydrogen-bond donors (Lipinski definition) is 3. The van der Waals surface area contributed by atoms with Crippen molar-refractivity contribution in [3.05, 3.63) is 59.7 Å². The van der Waals surface area contributed by atoms with Crippen molar-refractivity contribution >= 4 is 35.1 Å². The van der Waals surface area contributed by atoms with Crippen molar-refractivity contribution in [3.8, 4) is 0 Å². The van der Waals surface area contributed by atoms with Crippen LogP contribution in [0.3, 0.4) is 0 Å². The van der Waals surface area contributed by atoms with Crippen molar-refractivity contribution in [2.24, 2.45) is 11.8 Å². The Morgan fingerprint density at radius 2 is 2.09 bits per heavy atom. The smallest absolute Gasteiger partial charge is 0.230 e. The Morgan fingerprint density at radius 3 is 2.81 bits per heavy atom. The van der Waals surface area contributed by atoms with Crippen LogP contribution in [0.15, 0.2) is 42.7 Å². The molecule has 2 aliphatic rings. The summed E-state index contributed by atoms with van der Waals surface area (Å²) in [4.78, 5) is 31.3. The third-order valence-corrected chi connectivity index (χ3v) is 5.87. The van der Waals surface area contributed by atoms with Crippen molar-refractivity contribution in [2.75, 3.05) is 23.8 Å². The quantitative estimate of drug-likeness (QED) is 0.554. The second kappa shape index (κ2) is 9.30. The summed E-state index contributed by atoms with van der Waals surface area (Å²) < 4.78 is 14.1. The molecular weight excluding hydrogens is 409 g/mol. The van der Waals surface area contributed by atoms with Crippen LogP contribution < -0.4 is 15.5 Å². The predicted molar refractivity (Wildman–Crippen MR) is 122 cm³/mol. The van der Waals surface area contributed by atoms with Crippen molar-refractivity contribution in [1.29, 1.82) is 5.41 Å². The highest BCUT2D eigenvalue weighted by atomic mass is 19.1. The zero-order valence-corrected chi connectivity index (χ0v) is 17.9. The van der Waals surface area contributed by atoms with Gasteiger partial charge in [-0.05, 0) is 54.5 Å². The van der Waals surface area contributed by atoms with Gasteiger partial charge in [-0.2, -0.15) is 0 Å². The fraction of sp³-hybridized carbons (Fsp3) is 0.333. The van der Waals surface area contributed by atoms with Crippen molar-refractivity contribution in [2.45, 2.75) is 25.7 Å². The molecule has 0 spiro atoms. The first-order valence-electron chi connectivity index (χ1n) is 10.7. The van der Waals surface area contributed by atoms with Gasteiger partial charge in [-0.1, -0.05) is 6.07 Å². The molecule has 32 heavy (non-hydrogen) atoms. The van der Waals surface area contributed by atoms with Crippen molar-refractivity contribution in [3.63, 3.8) is 0 Å². The Hall–Kier alpha value is -3.55. The summed E-state index contributed by atoms with van der Waals surface area (Å²) in [6.45, 7) is 0.680. The van der Waals surface area contributed by atoms with Gasteiger partial charge in [0, 0.05) is 55.4 Å². The molecule has 1 aromatic heterocycles. The highest BCUT2D eigenvalue weighted by Gasteiger charge is 2.42. The Balaban J connectivity index is 1.44. The number of amides is 2. The van der Waals surface area contributed by atoms with Crippen LogP contribution in [-0.4, -0.2) is 36.6 Å². The molecule has 0 bridgehead atoms. The van der Waals surface area contributed by atoms with Gasteiger partial charge >= 0.3 is 0 Å². The highest BCUT2D eigenvalue weighted by molar-refractivity contribution is 6.08. The lowest BCUT2D eigenvalue weighted by molar-refractivity contribution is -0.121. The summed E-state index contributed by atoms with van der Waals surface area (Å²) in [7, 11) is 1.69. The molecule has 1 aliphatic heterocycles. The molecule has 1 saturated carbocycles. The summed E-state index contributed by atoms with van der Waals surface area (Å²) >= 11 is 0. The zero-order chi connectivity index (χ0) is 22.7. The minimum absolute atomic E-state index is 0.0477. The van der Waals surface area contributed by atoms with Gasteiger partial charge in [0.1, 0.15) is 11.6 Å². The minimum Gasteiger partial charge on any atom is -0.393 e. The molecule has 2 aromatic rings. The van der Waals surface area contributed by atoms with Gasteiger partial charge in [0.15, 0.2) is 0 Å². The maximum Gasteiger partial charge on any atom is 0.230 e. The van der Waals surface area contributed by atoms with Crippen LogP contribution in [0.2, 0.25) is 0 Å². The zero-order valence-electron chi connectivity index (χ0n) is 17.9. The Kier molecular flexibility index (Phi) is 6.30. The van der Waals surface area contributed by atoms with Crippen LogP contribution in [0.4, 0.5) is 15.9 Å². The number of anilines is 2. The molecule has 3 N–H and O–H groups in total. The lowest BCUT2D eigenvalue weighted by Crippen LogP contribution is -2.27. The second-order valence-electron chi connectivity index (χ2n) is 8.23. The molecule has 1 aromatic carbocycles. The summed E-state index contributed by atoms with van der Waals surface area (Å²) in [5.41, 5.74) is 2.22. The maximum absolute atomic E-state index is 14.1. The largest absolute Gasteiger partial charge is 0.393 e. The van der Waals surface area contributed by atoms with E-state index in [0.717, 1.165) is 31.2 Å². The number of pyridine rings is 1. The molecule has 2 fully saturated rings. The van der Waals surface area contributed by atoms with Gasteiger partial charge in [-0.25, -0.2) is 9.37 Å². The molecule has 1 aliphatic carbocycles. The summed E-state index contributed by atoms with van der Waals surface area (Å²) in [6, 6.07) is 7.78. The first-order chi connectivity index (χ1) is 15.5. The van der Waals surface area contributed by atoms with E-state index in [1.807, 2.05) is 0 Å². The molecule has 0 radical (unpaired) electrons. The molecule has 7 nitrogen and oxygen atoms in total. The van der Waals surface area contributed by atoms with E-state index in [9.17, 15) is 14.0 Å². The van der Waals surface area contributed by atoms with Crippen molar-refractivity contribution < 1.29 is 14.0 Å². The molecule has 8 heteroatoms. The van der Waals surface area contributed by atoms with Gasteiger partial charge in [0.05, 0.1) is 6.42 Å². The molecule has 0 unspecified atom stereocenters. The number of allylic oxidation sites excluding steroid dienone is 1. The van der Waals surface area contributed by atoms with E-state index in [1.165, 1.54) is 12.1 Å². The van der Waals surface area contributed by atoms with Crippen LogP contribution in [-0.2, 0) is 16.0 Å². The molecule has 4 rings (SSSR count). The predicted octanol–water partition coefficient (Wildman–Crippen LogP) is 3.37. The Morgan fingerprint density at radius 1 is 1.28 bits per heavy atom. The van der Waals surface area contributed by atoms with E-state index in [4.69, 9.17) is 5.41 Å². The van der Waals surface area contributed by atoms with Gasteiger partial charge in [0.2, 0.25) is 11.8 Å². The molecule has 1 atom stereocenters. The lowest BCUT2D eigenvalue weighted by Gasteiger charge is -2.17. The van der Waals surface area contributed by atoms with Gasteiger partial charge < -0.3 is 20.9 Å². The van der Waals surface area contributed by atoms with Crippen LogP contribution in [0.5, 0.6) is 0 Å². The molecular formula is C24H26FN5O2. The van der Waals surface area contributed by atoms with E-state index in [0.29, 0.717) is 35.0 Å². The SMILES string of the molecule is CN/C=C(\C=N)c1cc(F)cc(CC(=O)Nc2cc(N3CC[C@@H](C4CC4)C3=O)ccn2)c1. The van der Waals surface area contributed by atoms with Crippen LogP contribution in [0.1, 0.15) is 30.4 Å². The van der Waals surface area contributed by atoms with Gasteiger partial charge in [-0.15, -0.1) is 0 Å². The number of nitrogens with zero attached hydrogens (tertiary/aromatic N) is 2. The Labute approximate surface area is 186 Å². The number of hydrogen-bond acceptors (Lipinski definition) is 5. The Bertz CT molecular complexity index is 1080. The second-order valence-corrected chi connectivity index (χ2v) is 8.23. The first-order valence-corrected chi connectivity index (χ1v) is 10.7. The summed E-state index contributed by atoms with van der Waals surface area (Å²) in [6.07, 6.45) is 7.38. The van der Waals surface area contributed by atoms with Crippen molar-refractivity contribution in [1.82, 2.24) is 10.3 Å². The van der Waals surface area contributed by atoms with E-state index in [2.05, 4.69) is 15.6 Å². The van der Waals surface area contributed by atoms with E-state index in [1.54, 1.807) is 42.5 Å². The average Bonchev–Trinajstić information content (AvgIpc) is 3.53. The number of benzene rings is 1.